The summed E-state index contributed by atoms with van der Waals surface area (Å²) in [6.07, 6.45) is 0. The summed E-state index contributed by atoms with van der Waals surface area (Å²) in [5.74, 6) is 2.34. The van der Waals surface area contributed by atoms with E-state index in [1.54, 1.807) is 0 Å². The van der Waals surface area contributed by atoms with Gasteiger partial charge >= 0.3 is 0 Å². The molecule has 0 unspecified atom stereocenters. The minimum atomic E-state index is 0.686. The molecule has 1 aliphatic heterocycles. The van der Waals surface area contributed by atoms with Crippen molar-refractivity contribution in [3.8, 4) is 73.3 Å². The maximum atomic E-state index is 6.51. The molecule has 12 aromatic rings. The predicted molar refractivity (Wildman–Crippen MR) is 276 cm³/mol. The molecular formula is C62H40N4O. The SMILES string of the molecule is c1ccc(-c2ccc(-c3cc(-c4cccc(-n5c6ccc(-c7ccc8c(c7)N(c7ccccc7)c7ccccc7O8)cc6c6c7ccccc7ccc65)c4)nc(-c4ccccc4)n3)cc2)cc1. The summed E-state index contributed by atoms with van der Waals surface area (Å²) < 4.78 is 8.92. The molecule has 0 bridgehead atoms. The molecular weight excluding hydrogens is 817 g/mol. The van der Waals surface area contributed by atoms with Crippen LogP contribution in [0.1, 0.15) is 0 Å². The Kier molecular flexibility index (Phi) is 9.10. The molecule has 5 nitrogen and oxygen atoms in total. The quantitative estimate of drug-likeness (QED) is 0.160. The van der Waals surface area contributed by atoms with Gasteiger partial charge in [0.2, 0.25) is 0 Å². The zero-order chi connectivity index (χ0) is 44.3. The van der Waals surface area contributed by atoms with E-state index in [1.807, 2.05) is 36.4 Å². The number of ether oxygens (including phenoxy) is 1. The van der Waals surface area contributed by atoms with Crippen LogP contribution in [0, 0.1) is 0 Å². The van der Waals surface area contributed by atoms with Crippen LogP contribution in [0.25, 0.3) is 94.4 Å². The number of nitrogens with zero attached hydrogens (tertiary/aromatic N) is 4. The molecule has 5 heteroatoms. The van der Waals surface area contributed by atoms with E-state index >= 15 is 0 Å². The van der Waals surface area contributed by atoms with Crippen LogP contribution < -0.4 is 9.64 Å². The van der Waals surface area contributed by atoms with Gasteiger partial charge in [0.05, 0.1) is 33.8 Å². The first kappa shape index (κ1) is 38.4. The summed E-state index contributed by atoms with van der Waals surface area (Å²) in [6.45, 7) is 0. The molecule has 0 N–H and O–H groups in total. The van der Waals surface area contributed by atoms with E-state index in [-0.39, 0.29) is 0 Å². The zero-order valence-corrected chi connectivity index (χ0v) is 36.3. The Hall–Kier alpha value is -9.06. The van der Waals surface area contributed by atoms with Crippen molar-refractivity contribution in [3.05, 3.63) is 243 Å². The first-order valence-corrected chi connectivity index (χ1v) is 22.6. The smallest absolute Gasteiger partial charge is 0.160 e. The van der Waals surface area contributed by atoms with Crippen LogP contribution in [-0.2, 0) is 0 Å². The molecule has 13 rings (SSSR count). The van der Waals surface area contributed by atoms with E-state index in [9.17, 15) is 0 Å². The summed E-state index contributed by atoms with van der Waals surface area (Å²) in [4.78, 5) is 12.7. The number of fused-ring (bicyclic) bond motifs is 7. The molecule has 1 aliphatic rings. The summed E-state index contributed by atoms with van der Waals surface area (Å²) >= 11 is 0. The van der Waals surface area contributed by atoms with Gasteiger partial charge in [-0.15, -0.1) is 0 Å². The van der Waals surface area contributed by atoms with Crippen molar-refractivity contribution in [2.75, 3.05) is 4.90 Å². The fourth-order valence-corrected chi connectivity index (χ4v) is 9.77. The first-order chi connectivity index (χ1) is 33.2. The number of rotatable bonds is 7. The Morgan fingerprint density at radius 3 is 1.73 bits per heavy atom. The van der Waals surface area contributed by atoms with Crippen LogP contribution in [-0.4, -0.2) is 14.5 Å². The Balaban J connectivity index is 0.952. The second kappa shape index (κ2) is 15.9. The van der Waals surface area contributed by atoms with Gasteiger partial charge in [-0.2, -0.15) is 0 Å². The van der Waals surface area contributed by atoms with E-state index in [0.29, 0.717) is 5.82 Å². The first-order valence-electron chi connectivity index (χ1n) is 22.6. The maximum Gasteiger partial charge on any atom is 0.160 e. The molecule has 3 heterocycles. The Morgan fingerprint density at radius 1 is 0.328 bits per heavy atom. The molecule has 0 aliphatic carbocycles. The molecule has 0 saturated carbocycles. The van der Waals surface area contributed by atoms with Crippen molar-refractivity contribution in [1.82, 2.24) is 14.5 Å². The lowest BCUT2D eigenvalue weighted by Crippen LogP contribution is -2.15. The minimum absolute atomic E-state index is 0.686. The number of benzene rings is 10. The average Bonchev–Trinajstić information content (AvgIpc) is 3.75. The minimum Gasteiger partial charge on any atom is -0.453 e. The summed E-state index contributed by atoms with van der Waals surface area (Å²) in [5, 5.41) is 4.82. The second-order valence-electron chi connectivity index (χ2n) is 17.0. The van der Waals surface area contributed by atoms with Gasteiger partial charge in [-0.1, -0.05) is 170 Å². The highest BCUT2D eigenvalue weighted by Crippen LogP contribution is 2.51. The molecule has 10 aromatic carbocycles. The highest BCUT2D eigenvalue weighted by atomic mass is 16.5. The topological polar surface area (TPSA) is 43.2 Å². The van der Waals surface area contributed by atoms with Gasteiger partial charge in [0.15, 0.2) is 17.3 Å². The van der Waals surface area contributed by atoms with E-state index in [4.69, 9.17) is 14.7 Å². The van der Waals surface area contributed by atoms with Gasteiger partial charge in [0.25, 0.3) is 0 Å². The van der Waals surface area contributed by atoms with E-state index < -0.39 is 0 Å². The van der Waals surface area contributed by atoms with Crippen LogP contribution in [0.4, 0.5) is 17.1 Å². The second-order valence-corrected chi connectivity index (χ2v) is 17.0. The highest BCUT2D eigenvalue weighted by molar-refractivity contribution is 6.22. The molecule has 0 atom stereocenters. The summed E-state index contributed by atoms with van der Waals surface area (Å²) in [6, 6.07) is 85.7. The van der Waals surface area contributed by atoms with Crippen molar-refractivity contribution in [2.45, 2.75) is 0 Å². The normalized spacial score (nSPS) is 12.0. The van der Waals surface area contributed by atoms with Gasteiger partial charge in [0.1, 0.15) is 0 Å². The van der Waals surface area contributed by atoms with E-state index in [2.05, 4.69) is 216 Å². The van der Waals surface area contributed by atoms with Crippen molar-refractivity contribution in [2.24, 2.45) is 0 Å². The Labute approximate surface area is 388 Å². The van der Waals surface area contributed by atoms with Crippen molar-refractivity contribution >= 4 is 49.6 Å². The fourth-order valence-electron chi connectivity index (χ4n) is 9.77. The number of aromatic nitrogens is 3. The lowest BCUT2D eigenvalue weighted by molar-refractivity contribution is 0.477. The van der Waals surface area contributed by atoms with Gasteiger partial charge in [0, 0.05) is 38.8 Å². The summed E-state index contributed by atoms with van der Waals surface area (Å²) in [7, 11) is 0. The lowest BCUT2D eigenvalue weighted by Gasteiger charge is -2.33. The van der Waals surface area contributed by atoms with Crippen LogP contribution in [0.3, 0.4) is 0 Å². The van der Waals surface area contributed by atoms with Crippen LogP contribution in [0.2, 0.25) is 0 Å². The third-order valence-corrected chi connectivity index (χ3v) is 13.0. The predicted octanol–water partition coefficient (Wildman–Crippen LogP) is 16.6. The third kappa shape index (κ3) is 6.72. The van der Waals surface area contributed by atoms with Gasteiger partial charge in [-0.3, -0.25) is 0 Å². The van der Waals surface area contributed by atoms with Crippen LogP contribution >= 0.6 is 0 Å². The standard InChI is InChI=1S/C62H40N4O/c1-4-15-41(16-5-1)42-27-29-44(30-28-42)53-40-54(64-62(63-53)45-18-6-2-7-19-45)48-20-14-23-50(37-48)66-55-34-32-46(38-52(55)61-51-24-11-10-17-43(51)31-35-57(61)66)47-33-36-60-58(39-47)65(49-21-8-3-9-22-49)56-25-12-13-26-59(56)67-60/h1-40H. The molecule has 2 aromatic heterocycles. The van der Waals surface area contributed by atoms with Gasteiger partial charge < -0.3 is 14.2 Å². The number of para-hydroxylation sites is 3. The van der Waals surface area contributed by atoms with Crippen LogP contribution in [0.5, 0.6) is 11.5 Å². The average molecular weight is 857 g/mol. The monoisotopic (exact) mass is 856 g/mol. The van der Waals surface area contributed by atoms with E-state index in [0.717, 1.165) is 84.5 Å². The molecule has 314 valence electrons. The van der Waals surface area contributed by atoms with Crippen molar-refractivity contribution < 1.29 is 4.74 Å². The number of hydrogen-bond donors (Lipinski definition) is 0. The lowest BCUT2D eigenvalue weighted by atomic mass is 9.99. The molecule has 0 saturated heterocycles. The number of anilines is 3. The zero-order valence-electron chi connectivity index (χ0n) is 36.3. The third-order valence-electron chi connectivity index (χ3n) is 13.0. The Bertz CT molecular complexity index is 3830. The largest absolute Gasteiger partial charge is 0.453 e. The van der Waals surface area contributed by atoms with E-state index in [1.165, 1.54) is 32.7 Å². The Morgan fingerprint density at radius 2 is 0.910 bits per heavy atom. The van der Waals surface area contributed by atoms with Crippen LogP contribution in [0.15, 0.2) is 243 Å². The maximum absolute atomic E-state index is 6.51. The molecule has 67 heavy (non-hydrogen) atoms. The highest BCUT2D eigenvalue weighted by Gasteiger charge is 2.26. The summed E-state index contributed by atoms with van der Waals surface area (Å²) in [5.41, 5.74) is 15.7. The van der Waals surface area contributed by atoms with Gasteiger partial charge in [-0.05, 0) is 106 Å². The number of hydrogen-bond acceptors (Lipinski definition) is 4. The fraction of sp³-hybridized carbons (Fsp3) is 0. The van der Waals surface area contributed by atoms with Gasteiger partial charge in [-0.25, -0.2) is 9.97 Å². The van der Waals surface area contributed by atoms with Crippen molar-refractivity contribution in [3.63, 3.8) is 0 Å². The molecule has 0 amide bonds. The molecule has 0 radical (unpaired) electrons. The molecule has 0 fully saturated rings. The van der Waals surface area contributed by atoms with Crippen molar-refractivity contribution in [1.29, 1.82) is 0 Å². The molecule has 0 spiro atoms.